The van der Waals surface area contributed by atoms with E-state index in [0.717, 1.165) is 12.4 Å². The van der Waals surface area contributed by atoms with E-state index in [-0.39, 0.29) is 6.01 Å². The Labute approximate surface area is 57.9 Å². The highest BCUT2D eigenvalue weighted by molar-refractivity contribution is 4.95. The first-order valence-corrected chi connectivity index (χ1v) is 2.93. The Kier molecular flexibility index (Phi) is 2.15. The minimum atomic E-state index is -0.455. The van der Waals surface area contributed by atoms with Crippen molar-refractivity contribution < 1.29 is 9.13 Å². The maximum absolute atomic E-state index is 12.1. The fourth-order valence-electron chi connectivity index (χ4n) is 0.504. The number of ether oxygens (including phenoxy) is 1. The van der Waals surface area contributed by atoms with Crippen molar-refractivity contribution in [2.45, 2.75) is 6.92 Å². The van der Waals surface area contributed by atoms with E-state index in [4.69, 9.17) is 4.74 Å². The van der Waals surface area contributed by atoms with Crippen molar-refractivity contribution in [2.24, 2.45) is 0 Å². The lowest BCUT2D eigenvalue weighted by molar-refractivity contribution is 0.310. The summed E-state index contributed by atoms with van der Waals surface area (Å²) in [6, 6.07) is 0.212. The summed E-state index contributed by atoms with van der Waals surface area (Å²) in [6.07, 6.45) is 2.13. The van der Waals surface area contributed by atoms with E-state index in [2.05, 4.69) is 9.97 Å². The van der Waals surface area contributed by atoms with Crippen molar-refractivity contribution in [2.75, 3.05) is 6.61 Å². The largest absolute Gasteiger partial charge is 0.464 e. The number of halogens is 1. The van der Waals surface area contributed by atoms with Crippen LogP contribution in [0, 0.1) is 5.82 Å². The van der Waals surface area contributed by atoms with Gasteiger partial charge in [0.1, 0.15) is 0 Å². The predicted octanol–water partition coefficient (Wildman–Crippen LogP) is 1.01. The molecule has 4 heteroatoms. The minimum Gasteiger partial charge on any atom is -0.464 e. The average molecular weight is 142 g/mol. The van der Waals surface area contributed by atoms with Crippen LogP contribution in [-0.4, -0.2) is 16.6 Å². The monoisotopic (exact) mass is 142 g/mol. The third-order valence-electron chi connectivity index (χ3n) is 0.870. The van der Waals surface area contributed by atoms with Crippen molar-refractivity contribution in [3.63, 3.8) is 0 Å². The third kappa shape index (κ3) is 1.65. The molecule has 0 unspecified atom stereocenters. The fourth-order valence-corrected chi connectivity index (χ4v) is 0.504. The summed E-state index contributed by atoms with van der Waals surface area (Å²) >= 11 is 0. The first-order valence-electron chi connectivity index (χ1n) is 2.93. The molecule has 0 spiro atoms. The Hall–Kier alpha value is -1.19. The predicted molar refractivity (Wildman–Crippen MR) is 33.2 cm³/mol. The summed E-state index contributed by atoms with van der Waals surface area (Å²) in [5.41, 5.74) is 0. The van der Waals surface area contributed by atoms with E-state index in [1.54, 1.807) is 0 Å². The quantitative estimate of drug-likeness (QED) is 0.618. The summed E-state index contributed by atoms with van der Waals surface area (Å²) in [4.78, 5) is 7.12. The Morgan fingerprint density at radius 3 is 2.60 bits per heavy atom. The summed E-state index contributed by atoms with van der Waals surface area (Å²) in [5.74, 6) is -0.455. The van der Waals surface area contributed by atoms with Crippen LogP contribution in [0.5, 0.6) is 6.01 Å². The Morgan fingerprint density at radius 1 is 1.50 bits per heavy atom. The average Bonchev–Trinajstić information content (AvgIpc) is 1.95. The summed E-state index contributed by atoms with van der Waals surface area (Å²) < 4.78 is 17.0. The Balaban J connectivity index is 2.69. The molecule has 0 amide bonds. The van der Waals surface area contributed by atoms with Gasteiger partial charge in [-0.25, -0.2) is 14.4 Å². The van der Waals surface area contributed by atoms with Gasteiger partial charge < -0.3 is 4.74 Å². The fraction of sp³-hybridized carbons (Fsp3) is 0.333. The second kappa shape index (κ2) is 3.10. The van der Waals surface area contributed by atoms with Crippen LogP contribution in [-0.2, 0) is 0 Å². The van der Waals surface area contributed by atoms with Crippen LogP contribution >= 0.6 is 0 Å². The van der Waals surface area contributed by atoms with Crippen LogP contribution in [0.4, 0.5) is 4.39 Å². The van der Waals surface area contributed by atoms with Gasteiger partial charge in [-0.1, -0.05) is 0 Å². The molecule has 0 aliphatic carbocycles. The van der Waals surface area contributed by atoms with Crippen molar-refractivity contribution in [1.29, 1.82) is 0 Å². The summed E-state index contributed by atoms with van der Waals surface area (Å²) in [7, 11) is 0. The summed E-state index contributed by atoms with van der Waals surface area (Å²) in [6.45, 7) is 2.30. The van der Waals surface area contributed by atoms with E-state index in [9.17, 15) is 4.39 Å². The second-order valence-electron chi connectivity index (χ2n) is 1.62. The topological polar surface area (TPSA) is 35.0 Å². The molecule has 0 saturated carbocycles. The lowest BCUT2D eigenvalue weighted by atomic mass is 10.6. The van der Waals surface area contributed by atoms with E-state index in [0.29, 0.717) is 6.61 Å². The molecule has 10 heavy (non-hydrogen) atoms. The number of nitrogens with zero attached hydrogens (tertiary/aromatic N) is 2. The lowest BCUT2D eigenvalue weighted by Gasteiger charge is -1.97. The number of rotatable bonds is 2. The molecule has 0 atom stereocenters. The summed E-state index contributed by atoms with van der Waals surface area (Å²) in [5, 5.41) is 0. The molecule has 0 saturated heterocycles. The van der Waals surface area contributed by atoms with Crippen molar-refractivity contribution in [3.8, 4) is 6.01 Å². The molecule has 1 heterocycles. The Morgan fingerprint density at radius 2 is 2.10 bits per heavy atom. The molecule has 0 fully saturated rings. The second-order valence-corrected chi connectivity index (χ2v) is 1.62. The molecule has 54 valence electrons. The van der Waals surface area contributed by atoms with Crippen LogP contribution in [0.3, 0.4) is 0 Å². The van der Waals surface area contributed by atoms with Crippen LogP contribution in [0.25, 0.3) is 0 Å². The van der Waals surface area contributed by atoms with Gasteiger partial charge in [-0.2, -0.15) is 0 Å². The molecule has 3 nitrogen and oxygen atoms in total. The molecular weight excluding hydrogens is 135 g/mol. The van der Waals surface area contributed by atoms with Crippen molar-refractivity contribution in [1.82, 2.24) is 9.97 Å². The number of hydrogen-bond acceptors (Lipinski definition) is 3. The molecule has 1 aromatic rings. The van der Waals surface area contributed by atoms with Gasteiger partial charge in [0.25, 0.3) is 0 Å². The van der Waals surface area contributed by atoms with E-state index >= 15 is 0 Å². The van der Waals surface area contributed by atoms with Crippen molar-refractivity contribution in [3.05, 3.63) is 18.2 Å². The van der Waals surface area contributed by atoms with E-state index in [1.807, 2.05) is 6.92 Å². The maximum atomic E-state index is 12.1. The lowest BCUT2D eigenvalue weighted by Crippen LogP contribution is -1.96. The van der Waals surface area contributed by atoms with Gasteiger partial charge >= 0.3 is 6.01 Å². The first kappa shape index (κ1) is 6.92. The van der Waals surface area contributed by atoms with E-state index < -0.39 is 5.82 Å². The molecule has 1 aromatic heterocycles. The highest BCUT2D eigenvalue weighted by atomic mass is 19.1. The standard InChI is InChI=1S/C6H7FN2O/c1-2-10-6-8-3-5(7)4-9-6/h3-4H,2H2,1H3. The van der Waals surface area contributed by atoms with Crippen LogP contribution in [0.15, 0.2) is 12.4 Å². The smallest absolute Gasteiger partial charge is 0.316 e. The zero-order valence-corrected chi connectivity index (χ0v) is 5.54. The first-order chi connectivity index (χ1) is 4.83. The van der Waals surface area contributed by atoms with Gasteiger partial charge in [-0.15, -0.1) is 0 Å². The van der Waals surface area contributed by atoms with Gasteiger partial charge in [0, 0.05) is 0 Å². The van der Waals surface area contributed by atoms with Gasteiger partial charge in [-0.3, -0.25) is 0 Å². The number of aromatic nitrogens is 2. The number of hydrogen-bond donors (Lipinski definition) is 0. The van der Waals surface area contributed by atoms with Crippen LogP contribution < -0.4 is 4.74 Å². The highest BCUT2D eigenvalue weighted by Crippen LogP contribution is 1.99. The van der Waals surface area contributed by atoms with Gasteiger partial charge in [0.15, 0.2) is 5.82 Å². The van der Waals surface area contributed by atoms with Gasteiger partial charge in [0.05, 0.1) is 19.0 Å². The third-order valence-corrected chi connectivity index (χ3v) is 0.870. The zero-order valence-electron chi connectivity index (χ0n) is 5.54. The molecule has 1 rings (SSSR count). The normalized spacial score (nSPS) is 9.40. The molecule has 0 bridgehead atoms. The molecule has 0 radical (unpaired) electrons. The van der Waals surface area contributed by atoms with Gasteiger partial charge in [0.2, 0.25) is 0 Å². The maximum Gasteiger partial charge on any atom is 0.316 e. The molecule has 0 aliphatic heterocycles. The highest BCUT2D eigenvalue weighted by Gasteiger charge is 1.93. The van der Waals surface area contributed by atoms with Gasteiger partial charge in [-0.05, 0) is 6.92 Å². The van der Waals surface area contributed by atoms with Crippen LogP contribution in [0.1, 0.15) is 6.92 Å². The Bertz CT molecular complexity index is 199. The SMILES string of the molecule is CCOc1ncc(F)cn1. The molecule has 0 aromatic carbocycles. The molecule has 0 N–H and O–H groups in total. The zero-order chi connectivity index (χ0) is 7.40. The minimum absolute atomic E-state index is 0.212. The van der Waals surface area contributed by atoms with E-state index in [1.165, 1.54) is 0 Å². The van der Waals surface area contributed by atoms with Crippen molar-refractivity contribution >= 4 is 0 Å². The molecular formula is C6H7FN2O. The molecule has 0 aliphatic rings. The van der Waals surface area contributed by atoms with Crippen LogP contribution in [0.2, 0.25) is 0 Å².